The van der Waals surface area contributed by atoms with E-state index in [1.807, 2.05) is 0 Å². The summed E-state index contributed by atoms with van der Waals surface area (Å²) < 4.78 is 10.5. The summed E-state index contributed by atoms with van der Waals surface area (Å²) in [6.07, 6.45) is 1.89. The Balaban J connectivity index is 2.56. The molecule has 2 N–H and O–H groups in total. The van der Waals surface area contributed by atoms with Crippen LogP contribution in [0, 0.1) is 0 Å². The Kier molecular flexibility index (Phi) is 2.92. The molecular formula is C12H13NO3. The highest BCUT2D eigenvalue weighted by Crippen LogP contribution is 2.31. The van der Waals surface area contributed by atoms with E-state index in [4.69, 9.17) is 14.9 Å². The van der Waals surface area contributed by atoms with Crippen LogP contribution in [0.3, 0.4) is 0 Å². The topological polar surface area (TPSA) is 65.5 Å². The van der Waals surface area contributed by atoms with Crippen molar-refractivity contribution in [3.63, 3.8) is 0 Å². The highest BCUT2D eigenvalue weighted by atomic mass is 16.5. The van der Waals surface area contributed by atoms with Crippen molar-refractivity contribution in [2.45, 2.75) is 6.42 Å². The Bertz CT molecular complexity index is 516. The molecule has 0 fully saturated rings. The smallest absolute Gasteiger partial charge is 0.167 e. The summed E-state index contributed by atoms with van der Waals surface area (Å²) in [6, 6.07) is 5.26. The largest absolute Gasteiger partial charge is 0.495 e. The summed E-state index contributed by atoms with van der Waals surface area (Å²) >= 11 is 0. The number of carbonyl (C=O) groups is 1. The van der Waals surface area contributed by atoms with Crippen LogP contribution in [0.25, 0.3) is 11.0 Å². The highest BCUT2D eigenvalue weighted by molar-refractivity contribution is 6.04. The van der Waals surface area contributed by atoms with Crippen LogP contribution in [0.2, 0.25) is 0 Å². The minimum atomic E-state index is -0.0116. The zero-order chi connectivity index (χ0) is 11.5. The summed E-state index contributed by atoms with van der Waals surface area (Å²) in [6.45, 7) is 0.339. The normalized spacial score (nSPS) is 10.6. The van der Waals surface area contributed by atoms with Crippen molar-refractivity contribution < 1.29 is 13.9 Å². The van der Waals surface area contributed by atoms with Gasteiger partial charge in [-0.1, -0.05) is 0 Å². The van der Waals surface area contributed by atoms with E-state index in [9.17, 15) is 4.79 Å². The van der Waals surface area contributed by atoms with Gasteiger partial charge in [0.25, 0.3) is 0 Å². The molecule has 16 heavy (non-hydrogen) atoms. The minimum Gasteiger partial charge on any atom is -0.495 e. The molecule has 0 atom stereocenters. The number of nitrogens with two attached hydrogens (primary N) is 1. The van der Waals surface area contributed by atoms with Crippen LogP contribution in [-0.4, -0.2) is 19.4 Å². The molecule has 0 aliphatic carbocycles. The van der Waals surface area contributed by atoms with Crippen LogP contribution in [-0.2, 0) is 0 Å². The van der Waals surface area contributed by atoms with Crippen molar-refractivity contribution in [2.75, 3.05) is 13.7 Å². The number of carbonyl (C=O) groups excluding carboxylic acids is 1. The summed E-state index contributed by atoms with van der Waals surface area (Å²) in [4.78, 5) is 11.8. The molecule has 0 aliphatic heterocycles. The number of fused-ring (bicyclic) bond motifs is 1. The van der Waals surface area contributed by atoms with Gasteiger partial charge in [-0.05, 0) is 24.7 Å². The molecule has 0 amide bonds. The van der Waals surface area contributed by atoms with Crippen molar-refractivity contribution in [3.8, 4) is 5.75 Å². The lowest BCUT2D eigenvalue weighted by Crippen LogP contribution is -2.09. The van der Waals surface area contributed by atoms with Crippen molar-refractivity contribution in [1.82, 2.24) is 0 Å². The van der Waals surface area contributed by atoms with Crippen LogP contribution >= 0.6 is 0 Å². The number of rotatable bonds is 4. The summed E-state index contributed by atoms with van der Waals surface area (Å²) in [7, 11) is 1.54. The second kappa shape index (κ2) is 4.37. The van der Waals surface area contributed by atoms with Crippen molar-refractivity contribution in [1.29, 1.82) is 0 Å². The average Bonchev–Trinajstić information content (AvgIpc) is 2.75. The maximum atomic E-state index is 11.8. The van der Waals surface area contributed by atoms with Gasteiger partial charge in [-0.15, -0.1) is 0 Å². The lowest BCUT2D eigenvalue weighted by molar-refractivity contribution is 0.0983. The fourth-order valence-corrected chi connectivity index (χ4v) is 1.72. The first-order chi connectivity index (χ1) is 7.77. The summed E-state index contributed by atoms with van der Waals surface area (Å²) in [5.74, 6) is 0.548. The molecule has 0 saturated carbocycles. The maximum absolute atomic E-state index is 11.8. The summed E-state index contributed by atoms with van der Waals surface area (Å²) in [5.41, 5.74) is 6.64. The van der Waals surface area contributed by atoms with Gasteiger partial charge in [0.05, 0.1) is 24.3 Å². The number of ketones is 1. The molecule has 0 unspecified atom stereocenters. The molecule has 0 aliphatic rings. The second-order valence-corrected chi connectivity index (χ2v) is 3.44. The van der Waals surface area contributed by atoms with Gasteiger partial charge in [-0.25, -0.2) is 0 Å². The lowest BCUT2D eigenvalue weighted by atomic mass is 10.0. The van der Waals surface area contributed by atoms with E-state index in [2.05, 4.69) is 0 Å². The summed E-state index contributed by atoms with van der Waals surface area (Å²) in [5, 5.41) is 0.811. The Labute approximate surface area is 93.0 Å². The molecule has 1 heterocycles. The third-order valence-electron chi connectivity index (χ3n) is 2.46. The fraction of sp³-hybridized carbons (Fsp3) is 0.250. The quantitative estimate of drug-likeness (QED) is 0.798. The molecule has 2 aromatic rings. The Morgan fingerprint density at radius 1 is 1.44 bits per heavy atom. The molecule has 0 bridgehead atoms. The van der Waals surface area contributed by atoms with Gasteiger partial charge < -0.3 is 14.9 Å². The number of hydrogen-bond donors (Lipinski definition) is 1. The SMILES string of the molecule is COc1c(C(=O)CCN)ccc2occc12. The van der Waals surface area contributed by atoms with Crippen LogP contribution < -0.4 is 10.5 Å². The first kappa shape index (κ1) is 10.7. The van der Waals surface area contributed by atoms with Crippen molar-refractivity contribution >= 4 is 16.8 Å². The number of methoxy groups -OCH3 is 1. The van der Waals surface area contributed by atoms with E-state index in [0.29, 0.717) is 29.9 Å². The Morgan fingerprint density at radius 2 is 2.25 bits per heavy atom. The van der Waals surface area contributed by atoms with E-state index in [1.54, 1.807) is 31.6 Å². The van der Waals surface area contributed by atoms with Crippen molar-refractivity contribution in [3.05, 3.63) is 30.0 Å². The van der Waals surface area contributed by atoms with Gasteiger partial charge in [0.2, 0.25) is 0 Å². The van der Waals surface area contributed by atoms with Gasteiger partial charge in [0.1, 0.15) is 11.3 Å². The number of Topliss-reactive ketones (excluding diaryl/α,β-unsaturated/α-hetero) is 1. The average molecular weight is 219 g/mol. The third-order valence-corrected chi connectivity index (χ3v) is 2.46. The van der Waals surface area contributed by atoms with Crippen LogP contribution in [0.4, 0.5) is 0 Å². The number of furan rings is 1. The number of hydrogen-bond acceptors (Lipinski definition) is 4. The Hall–Kier alpha value is -1.81. The van der Waals surface area contributed by atoms with Crippen LogP contribution in [0.5, 0.6) is 5.75 Å². The van der Waals surface area contributed by atoms with E-state index in [-0.39, 0.29) is 5.78 Å². The monoisotopic (exact) mass is 219 g/mol. The molecule has 84 valence electrons. The van der Waals surface area contributed by atoms with Gasteiger partial charge in [-0.3, -0.25) is 4.79 Å². The molecule has 4 heteroatoms. The molecule has 1 aromatic heterocycles. The van der Waals surface area contributed by atoms with Gasteiger partial charge in [0, 0.05) is 6.42 Å². The van der Waals surface area contributed by atoms with E-state index in [0.717, 1.165) is 5.39 Å². The van der Waals surface area contributed by atoms with E-state index >= 15 is 0 Å². The predicted molar refractivity (Wildman–Crippen MR) is 60.8 cm³/mol. The lowest BCUT2D eigenvalue weighted by Gasteiger charge is -2.07. The highest BCUT2D eigenvalue weighted by Gasteiger charge is 2.15. The zero-order valence-electron chi connectivity index (χ0n) is 9.03. The molecule has 0 saturated heterocycles. The van der Waals surface area contributed by atoms with E-state index < -0.39 is 0 Å². The number of ether oxygens (including phenoxy) is 1. The second-order valence-electron chi connectivity index (χ2n) is 3.44. The molecule has 0 spiro atoms. The molecule has 4 nitrogen and oxygen atoms in total. The molecular weight excluding hydrogens is 206 g/mol. The Morgan fingerprint density at radius 3 is 2.94 bits per heavy atom. The number of benzene rings is 1. The van der Waals surface area contributed by atoms with Gasteiger partial charge in [-0.2, -0.15) is 0 Å². The minimum absolute atomic E-state index is 0.0116. The standard InChI is InChI=1S/C12H13NO3/c1-15-12-8(10(14)4-6-13)2-3-11-9(12)5-7-16-11/h2-3,5,7H,4,6,13H2,1H3. The third kappa shape index (κ3) is 1.67. The van der Waals surface area contributed by atoms with Crippen LogP contribution in [0.1, 0.15) is 16.8 Å². The van der Waals surface area contributed by atoms with Crippen LogP contribution in [0.15, 0.2) is 28.9 Å². The first-order valence-electron chi connectivity index (χ1n) is 5.05. The van der Waals surface area contributed by atoms with Gasteiger partial charge >= 0.3 is 0 Å². The molecule has 1 aromatic carbocycles. The zero-order valence-corrected chi connectivity index (χ0v) is 9.03. The van der Waals surface area contributed by atoms with Gasteiger partial charge in [0.15, 0.2) is 5.78 Å². The fourth-order valence-electron chi connectivity index (χ4n) is 1.72. The first-order valence-corrected chi connectivity index (χ1v) is 5.05. The molecule has 0 radical (unpaired) electrons. The van der Waals surface area contributed by atoms with E-state index in [1.165, 1.54) is 0 Å². The molecule has 2 rings (SSSR count). The van der Waals surface area contributed by atoms with Crippen molar-refractivity contribution in [2.24, 2.45) is 5.73 Å². The predicted octanol–water partition coefficient (Wildman–Crippen LogP) is 1.97. The maximum Gasteiger partial charge on any atom is 0.167 e.